The molecule has 7 nitrogen and oxygen atoms in total. The van der Waals surface area contributed by atoms with Gasteiger partial charge in [0.15, 0.2) is 5.82 Å². The van der Waals surface area contributed by atoms with Crippen LogP contribution in [0.25, 0.3) is 22.4 Å². The van der Waals surface area contributed by atoms with Crippen LogP contribution in [0.5, 0.6) is 0 Å². The van der Waals surface area contributed by atoms with Gasteiger partial charge in [-0.2, -0.15) is 0 Å². The fraction of sp³-hybridized carbons (Fsp3) is 0.222. The highest BCUT2D eigenvalue weighted by atomic mass is 35.5. The number of rotatable bonds is 5. The number of hydrogen-bond acceptors (Lipinski definition) is 5. The second-order valence-corrected chi connectivity index (χ2v) is 6.59. The highest BCUT2D eigenvalue weighted by molar-refractivity contribution is 6.31. The third-order valence-corrected chi connectivity index (χ3v) is 3.96. The summed E-state index contributed by atoms with van der Waals surface area (Å²) in [4.78, 5) is 28.3. The Kier molecular flexibility index (Phi) is 4.78. The number of anilines is 1. The summed E-state index contributed by atoms with van der Waals surface area (Å²) in [6.07, 6.45) is 10.1. The molecule has 0 saturated carbocycles. The number of nitrogens with zero attached hydrogens (tertiary/aromatic N) is 3. The Balaban J connectivity index is 0.00000261. The van der Waals surface area contributed by atoms with Gasteiger partial charge in [0, 0.05) is 33.8 Å². The van der Waals surface area contributed by atoms with Crippen LogP contribution < -0.4 is 10.6 Å². The van der Waals surface area contributed by atoms with Crippen LogP contribution >= 0.6 is 11.6 Å². The van der Waals surface area contributed by atoms with E-state index in [4.69, 9.17) is 18.0 Å². The first-order valence-corrected chi connectivity index (χ1v) is 8.24. The molecule has 0 spiro atoms. The van der Waals surface area contributed by atoms with Crippen molar-refractivity contribution in [3.63, 3.8) is 0 Å². The molecule has 3 rings (SSSR count). The molecule has 0 saturated heterocycles. The molecule has 0 radical (unpaired) electrons. The number of H-pyrrole nitrogens is 1. The van der Waals surface area contributed by atoms with E-state index in [0.29, 0.717) is 22.3 Å². The van der Waals surface area contributed by atoms with Crippen molar-refractivity contribution in [2.75, 3.05) is 11.9 Å². The van der Waals surface area contributed by atoms with Crippen molar-refractivity contribution < 1.29 is 9.07 Å². The van der Waals surface area contributed by atoms with Crippen LogP contribution in [0.2, 0.25) is 5.02 Å². The lowest BCUT2D eigenvalue weighted by Gasteiger charge is -2.25. The van der Waals surface area contributed by atoms with Crippen LogP contribution in [0.3, 0.4) is 0 Å². The van der Waals surface area contributed by atoms with E-state index in [-0.39, 0.29) is 16.7 Å². The number of amides is 1. The smallest absolute Gasteiger partial charge is 0.245 e. The number of nitrogens with one attached hydrogen (secondary N) is 3. The molecule has 3 aromatic heterocycles. The first-order valence-electron chi connectivity index (χ1n) is 7.87. The predicted molar refractivity (Wildman–Crippen MR) is 108 cm³/mol. The van der Waals surface area contributed by atoms with Gasteiger partial charge in [-0.05, 0) is 26.0 Å². The van der Waals surface area contributed by atoms with E-state index in [1.165, 1.54) is 0 Å². The normalized spacial score (nSPS) is 11.2. The number of aromatic amines is 1. The number of pyridine rings is 1. The van der Waals surface area contributed by atoms with E-state index in [2.05, 4.69) is 36.5 Å². The molecule has 138 valence electrons. The van der Waals surface area contributed by atoms with Crippen molar-refractivity contribution >= 4 is 34.4 Å². The van der Waals surface area contributed by atoms with Gasteiger partial charge in [0.25, 0.3) is 0 Å². The number of halogens is 1. The first kappa shape index (κ1) is 17.7. The number of fused-ring (bicyclic) bond motifs is 1. The fourth-order valence-electron chi connectivity index (χ4n) is 2.45. The molecular weight excluding hydrogens is 352 g/mol. The molecule has 0 unspecified atom stereocenters. The molecule has 8 heteroatoms. The molecule has 0 fully saturated rings. The highest BCUT2D eigenvalue weighted by Gasteiger charge is 2.27. The van der Waals surface area contributed by atoms with Gasteiger partial charge in [-0.1, -0.05) is 17.5 Å². The van der Waals surface area contributed by atoms with Crippen LogP contribution in [-0.2, 0) is 4.79 Å². The lowest BCUT2D eigenvalue weighted by molar-refractivity contribution is -0.124. The summed E-state index contributed by atoms with van der Waals surface area (Å²) in [5.74, 6) is 3.16. The fourth-order valence-corrected chi connectivity index (χ4v) is 2.61. The zero-order valence-electron chi connectivity index (χ0n) is 14.3. The minimum absolute atomic E-state index is 0. The Hall–Kier alpha value is -3.11. The van der Waals surface area contributed by atoms with E-state index >= 15 is 0 Å². The number of carbonyl (C=O) groups excluding carboxylic acids is 1. The molecule has 0 aliphatic rings. The first-order chi connectivity index (χ1) is 12.4. The summed E-state index contributed by atoms with van der Waals surface area (Å²) in [5, 5.41) is 7.11. The van der Waals surface area contributed by atoms with E-state index in [0.717, 1.165) is 10.9 Å². The average molecular weight is 375 g/mol. The third-order valence-electron chi connectivity index (χ3n) is 3.75. The maximum atomic E-state index is 12.2. The zero-order valence-corrected chi connectivity index (χ0v) is 15.1. The Morgan fingerprint density at radius 3 is 3.04 bits per heavy atom. The topological polar surface area (TPSA) is 95.6 Å². The summed E-state index contributed by atoms with van der Waals surface area (Å²) in [7, 11) is 0. The highest BCUT2D eigenvalue weighted by Crippen LogP contribution is 2.27. The molecule has 3 aromatic rings. The largest absolute Gasteiger partial charge is 0.356 e. The molecule has 1 amide bonds. The second-order valence-electron chi connectivity index (χ2n) is 6.15. The van der Waals surface area contributed by atoms with Gasteiger partial charge in [0.1, 0.15) is 17.0 Å². The van der Waals surface area contributed by atoms with Crippen LogP contribution in [0.15, 0.2) is 30.7 Å². The summed E-state index contributed by atoms with van der Waals surface area (Å²) in [6, 6.07) is 3.50. The Morgan fingerprint density at radius 2 is 2.27 bits per heavy atom. The quantitative estimate of drug-likeness (QED) is 0.595. The van der Waals surface area contributed by atoms with E-state index in [1.807, 2.05) is 0 Å². The average Bonchev–Trinajstić information content (AvgIpc) is 3.02. The molecule has 0 aliphatic carbocycles. The van der Waals surface area contributed by atoms with Gasteiger partial charge in [0.2, 0.25) is 5.91 Å². The van der Waals surface area contributed by atoms with Crippen molar-refractivity contribution in [2.45, 2.75) is 19.4 Å². The molecule has 0 atom stereocenters. The van der Waals surface area contributed by atoms with Gasteiger partial charge in [-0.25, -0.2) is 15.0 Å². The number of hydrogen-bond donors (Lipinski definition) is 3. The van der Waals surface area contributed by atoms with Gasteiger partial charge in [-0.3, -0.25) is 4.79 Å². The van der Waals surface area contributed by atoms with Crippen LogP contribution in [-0.4, -0.2) is 37.9 Å². The molecule has 3 N–H and O–H groups in total. The maximum Gasteiger partial charge on any atom is 0.245 e. The zero-order chi connectivity index (χ0) is 18.7. The van der Waals surface area contributed by atoms with E-state index in [9.17, 15) is 4.79 Å². The van der Waals surface area contributed by atoms with Gasteiger partial charge in [0.05, 0.1) is 11.6 Å². The number of terminal acetylenes is 1. The summed E-state index contributed by atoms with van der Waals surface area (Å²) < 4.78 is 0. The van der Waals surface area contributed by atoms with Crippen molar-refractivity contribution in [2.24, 2.45) is 0 Å². The molecule has 0 bridgehead atoms. The minimum Gasteiger partial charge on any atom is -0.356 e. The van der Waals surface area contributed by atoms with Crippen LogP contribution in [0.4, 0.5) is 5.82 Å². The van der Waals surface area contributed by atoms with Crippen molar-refractivity contribution in [1.29, 1.82) is 0 Å². The monoisotopic (exact) mass is 374 g/mol. The molecule has 0 aliphatic heterocycles. The summed E-state index contributed by atoms with van der Waals surface area (Å²) in [6.45, 7) is 3.66. The minimum atomic E-state index is -0.895. The predicted octanol–water partition coefficient (Wildman–Crippen LogP) is 3.35. The van der Waals surface area contributed by atoms with Crippen LogP contribution in [0.1, 0.15) is 18.1 Å². The Labute approximate surface area is 160 Å². The van der Waals surface area contributed by atoms with Crippen LogP contribution in [0, 0.1) is 12.3 Å². The van der Waals surface area contributed by atoms with Gasteiger partial charge >= 0.3 is 0 Å². The maximum absolute atomic E-state index is 12.2. The van der Waals surface area contributed by atoms with Gasteiger partial charge < -0.3 is 15.6 Å². The molecular formula is C18H23ClN6O. The lowest BCUT2D eigenvalue weighted by Crippen LogP contribution is -2.48. The van der Waals surface area contributed by atoms with Gasteiger partial charge in [-0.15, -0.1) is 6.42 Å². The molecule has 3 heterocycles. The van der Waals surface area contributed by atoms with E-state index in [1.54, 1.807) is 44.6 Å². The third kappa shape index (κ3) is 3.60. The Bertz CT molecular complexity index is 1020. The molecule has 0 aromatic carbocycles. The number of aromatic nitrogens is 4. The van der Waals surface area contributed by atoms with Crippen molar-refractivity contribution in [3.05, 3.63) is 35.7 Å². The number of carbonyl (C=O) groups is 1. The summed E-state index contributed by atoms with van der Waals surface area (Å²) >= 11 is 6.04. The Morgan fingerprint density at radius 1 is 1.46 bits per heavy atom. The lowest BCUT2D eigenvalue weighted by atomic mass is 10.0. The van der Waals surface area contributed by atoms with Crippen molar-refractivity contribution in [3.8, 4) is 23.7 Å². The van der Waals surface area contributed by atoms with E-state index < -0.39 is 5.54 Å². The molecule has 26 heavy (non-hydrogen) atoms. The SMILES string of the molecule is C#CCNC(=O)C(C)(C)Nc1ccnc(-c2c[nH]c3ncc(Cl)cc23)n1.[HH].[HH].[HH]. The standard InChI is InChI=1S/C18H17ClN6O.3H2/c1-4-6-21-17(26)18(2,3)25-14-5-7-20-16(24-14)13-10-23-15-12(13)8-11(19)9-22-15;;;/h1,5,7-10H,6H2,2-3H3,(H,21,26)(H,22,23)(H,20,24,25);3*1H. The summed E-state index contributed by atoms with van der Waals surface area (Å²) in [5.41, 5.74) is 0.571. The van der Waals surface area contributed by atoms with Crippen molar-refractivity contribution in [1.82, 2.24) is 25.3 Å². The second kappa shape index (κ2) is 7.02.